The molecule has 0 saturated carbocycles. The summed E-state index contributed by atoms with van der Waals surface area (Å²) in [6.07, 6.45) is 0.800. The summed E-state index contributed by atoms with van der Waals surface area (Å²) in [4.78, 5) is 23.1. The number of nitrogens with one attached hydrogen (secondary N) is 1. The molecule has 0 fully saturated rings. The lowest BCUT2D eigenvalue weighted by atomic mass is 10.0. The Morgan fingerprint density at radius 3 is 2.57 bits per heavy atom. The van der Waals surface area contributed by atoms with Gasteiger partial charge in [0.15, 0.2) is 0 Å². The SMILES string of the molecule is CCC(CNC(=O)c1cccc2ccccc12)CC(=O)O. The minimum absolute atomic E-state index is 0.0403. The molecule has 2 aromatic carbocycles. The van der Waals surface area contributed by atoms with Crippen LogP contribution in [0.15, 0.2) is 42.5 Å². The van der Waals surface area contributed by atoms with Gasteiger partial charge in [-0.05, 0) is 22.8 Å². The molecule has 0 aromatic heterocycles. The summed E-state index contributed by atoms with van der Waals surface area (Å²) in [6.45, 7) is 2.31. The summed E-state index contributed by atoms with van der Waals surface area (Å²) in [5.41, 5.74) is 0.623. The zero-order valence-corrected chi connectivity index (χ0v) is 12.0. The molecule has 1 amide bonds. The van der Waals surface area contributed by atoms with E-state index in [4.69, 9.17) is 5.11 Å². The fourth-order valence-corrected chi connectivity index (χ4v) is 2.36. The molecular weight excluding hydrogens is 266 g/mol. The Labute approximate surface area is 123 Å². The zero-order chi connectivity index (χ0) is 15.2. The van der Waals surface area contributed by atoms with Crippen molar-refractivity contribution in [3.05, 3.63) is 48.0 Å². The van der Waals surface area contributed by atoms with E-state index in [0.29, 0.717) is 12.1 Å². The van der Waals surface area contributed by atoms with Crippen molar-refractivity contribution in [1.29, 1.82) is 0 Å². The summed E-state index contributed by atoms with van der Waals surface area (Å²) in [6, 6.07) is 13.3. The molecule has 110 valence electrons. The van der Waals surface area contributed by atoms with Gasteiger partial charge in [-0.25, -0.2) is 0 Å². The summed E-state index contributed by atoms with van der Waals surface area (Å²) < 4.78 is 0. The molecule has 0 radical (unpaired) electrons. The number of fused-ring (bicyclic) bond motifs is 1. The van der Waals surface area contributed by atoms with Crippen LogP contribution in [0.5, 0.6) is 0 Å². The molecule has 0 saturated heterocycles. The van der Waals surface area contributed by atoms with Crippen molar-refractivity contribution in [2.75, 3.05) is 6.54 Å². The van der Waals surface area contributed by atoms with Crippen LogP contribution in [0.4, 0.5) is 0 Å². The monoisotopic (exact) mass is 285 g/mol. The Balaban J connectivity index is 2.10. The van der Waals surface area contributed by atoms with Gasteiger partial charge in [-0.15, -0.1) is 0 Å². The minimum Gasteiger partial charge on any atom is -0.481 e. The average molecular weight is 285 g/mol. The van der Waals surface area contributed by atoms with Gasteiger partial charge in [0.25, 0.3) is 5.91 Å². The third-order valence-electron chi connectivity index (χ3n) is 3.63. The molecule has 0 bridgehead atoms. The van der Waals surface area contributed by atoms with Gasteiger partial charge in [0, 0.05) is 18.5 Å². The second-order valence-corrected chi connectivity index (χ2v) is 5.11. The smallest absolute Gasteiger partial charge is 0.303 e. The lowest BCUT2D eigenvalue weighted by Gasteiger charge is -2.14. The first-order chi connectivity index (χ1) is 10.1. The van der Waals surface area contributed by atoms with Crippen LogP contribution in [0.1, 0.15) is 30.1 Å². The molecular formula is C17H19NO3. The number of benzene rings is 2. The molecule has 0 aliphatic heterocycles. The molecule has 4 heteroatoms. The molecule has 0 heterocycles. The molecule has 2 N–H and O–H groups in total. The highest BCUT2D eigenvalue weighted by atomic mass is 16.4. The second kappa shape index (κ2) is 6.88. The predicted octanol–water partition coefficient (Wildman–Crippen LogP) is 3.07. The summed E-state index contributed by atoms with van der Waals surface area (Å²) >= 11 is 0. The number of amides is 1. The van der Waals surface area contributed by atoms with Crippen molar-refractivity contribution in [2.24, 2.45) is 5.92 Å². The number of rotatable bonds is 6. The van der Waals surface area contributed by atoms with Crippen LogP contribution in [0.3, 0.4) is 0 Å². The number of aliphatic carboxylic acids is 1. The molecule has 0 aliphatic carbocycles. The van der Waals surface area contributed by atoms with Crippen LogP contribution in [0.25, 0.3) is 10.8 Å². The molecule has 0 spiro atoms. The van der Waals surface area contributed by atoms with Gasteiger partial charge >= 0.3 is 5.97 Å². The third kappa shape index (κ3) is 3.81. The molecule has 1 atom stereocenters. The zero-order valence-electron chi connectivity index (χ0n) is 12.0. The topological polar surface area (TPSA) is 66.4 Å². The highest BCUT2D eigenvalue weighted by Crippen LogP contribution is 2.18. The molecule has 21 heavy (non-hydrogen) atoms. The fourth-order valence-electron chi connectivity index (χ4n) is 2.36. The van der Waals surface area contributed by atoms with Crippen LogP contribution >= 0.6 is 0 Å². The number of hydrogen-bond acceptors (Lipinski definition) is 2. The first-order valence-corrected chi connectivity index (χ1v) is 7.09. The van der Waals surface area contributed by atoms with E-state index >= 15 is 0 Å². The average Bonchev–Trinajstić information content (AvgIpc) is 2.50. The molecule has 0 aliphatic rings. The van der Waals surface area contributed by atoms with E-state index in [1.807, 2.05) is 43.3 Å². The van der Waals surface area contributed by atoms with Gasteiger partial charge in [0.2, 0.25) is 0 Å². The van der Waals surface area contributed by atoms with Crippen LogP contribution in [0, 0.1) is 5.92 Å². The Morgan fingerprint density at radius 1 is 1.14 bits per heavy atom. The fraction of sp³-hybridized carbons (Fsp3) is 0.294. The Kier molecular flexibility index (Phi) is 4.93. The standard InChI is InChI=1S/C17H19NO3/c1-2-12(10-16(19)20)11-18-17(21)15-9-5-7-13-6-3-4-8-14(13)15/h3-9,12H,2,10-11H2,1H3,(H,18,21)(H,19,20). The normalized spacial score (nSPS) is 12.0. The van der Waals surface area contributed by atoms with Crippen molar-refractivity contribution >= 4 is 22.6 Å². The van der Waals surface area contributed by atoms with E-state index in [1.54, 1.807) is 6.07 Å². The number of carboxylic acids is 1. The number of carbonyl (C=O) groups excluding carboxylic acids is 1. The number of hydrogen-bond donors (Lipinski definition) is 2. The van der Waals surface area contributed by atoms with Crippen molar-refractivity contribution in [1.82, 2.24) is 5.32 Å². The molecule has 1 unspecified atom stereocenters. The molecule has 2 aromatic rings. The molecule has 4 nitrogen and oxygen atoms in total. The van der Waals surface area contributed by atoms with Crippen molar-refractivity contribution in [3.8, 4) is 0 Å². The quantitative estimate of drug-likeness (QED) is 0.857. The maximum Gasteiger partial charge on any atom is 0.303 e. The largest absolute Gasteiger partial charge is 0.481 e. The molecule has 2 rings (SSSR count). The lowest BCUT2D eigenvalue weighted by molar-refractivity contribution is -0.138. The first kappa shape index (κ1) is 15.0. The van der Waals surface area contributed by atoms with Crippen LogP contribution < -0.4 is 5.32 Å². The Bertz CT molecular complexity index is 646. The summed E-state index contributed by atoms with van der Waals surface area (Å²) in [7, 11) is 0. The van der Waals surface area contributed by atoms with E-state index in [2.05, 4.69) is 5.32 Å². The second-order valence-electron chi connectivity index (χ2n) is 5.11. The van der Waals surface area contributed by atoms with E-state index in [0.717, 1.165) is 17.2 Å². The van der Waals surface area contributed by atoms with E-state index < -0.39 is 5.97 Å². The van der Waals surface area contributed by atoms with Gasteiger partial charge in [0.05, 0.1) is 0 Å². The predicted molar refractivity (Wildman–Crippen MR) is 82.3 cm³/mol. The number of carboxylic acid groups (broad SMARTS) is 1. The maximum atomic E-state index is 12.3. The van der Waals surface area contributed by atoms with Gasteiger partial charge in [-0.1, -0.05) is 49.7 Å². The van der Waals surface area contributed by atoms with E-state index in [1.165, 1.54) is 0 Å². The van der Waals surface area contributed by atoms with Gasteiger partial charge in [-0.2, -0.15) is 0 Å². The number of carbonyl (C=O) groups is 2. The summed E-state index contributed by atoms with van der Waals surface area (Å²) in [5.74, 6) is -1.03. The van der Waals surface area contributed by atoms with Gasteiger partial charge in [0.1, 0.15) is 0 Å². The Hall–Kier alpha value is -2.36. The minimum atomic E-state index is -0.832. The lowest BCUT2D eigenvalue weighted by Crippen LogP contribution is -2.30. The van der Waals surface area contributed by atoms with E-state index in [-0.39, 0.29) is 18.2 Å². The third-order valence-corrected chi connectivity index (χ3v) is 3.63. The van der Waals surface area contributed by atoms with Crippen LogP contribution in [-0.2, 0) is 4.79 Å². The highest BCUT2D eigenvalue weighted by Gasteiger charge is 2.14. The summed E-state index contributed by atoms with van der Waals surface area (Å²) in [5, 5.41) is 13.6. The van der Waals surface area contributed by atoms with Crippen molar-refractivity contribution in [2.45, 2.75) is 19.8 Å². The highest BCUT2D eigenvalue weighted by molar-refractivity contribution is 6.06. The van der Waals surface area contributed by atoms with Gasteiger partial charge in [-0.3, -0.25) is 9.59 Å². The first-order valence-electron chi connectivity index (χ1n) is 7.09. The van der Waals surface area contributed by atoms with Crippen molar-refractivity contribution < 1.29 is 14.7 Å². The van der Waals surface area contributed by atoms with Gasteiger partial charge < -0.3 is 10.4 Å². The van der Waals surface area contributed by atoms with E-state index in [9.17, 15) is 9.59 Å². The Morgan fingerprint density at radius 2 is 1.86 bits per heavy atom. The van der Waals surface area contributed by atoms with Crippen LogP contribution in [-0.4, -0.2) is 23.5 Å². The van der Waals surface area contributed by atoms with Crippen LogP contribution in [0.2, 0.25) is 0 Å². The maximum absolute atomic E-state index is 12.3. The van der Waals surface area contributed by atoms with Crippen molar-refractivity contribution in [3.63, 3.8) is 0 Å².